The Balaban J connectivity index is 2.08. The lowest BCUT2D eigenvalue weighted by molar-refractivity contribution is -0.137. The van der Waals surface area contributed by atoms with Crippen molar-refractivity contribution in [2.75, 3.05) is 13.2 Å². The van der Waals surface area contributed by atoms with Crippen LogP contribution in [-0.4, -0.2) is 18.1 Å². The van der Waals surface area contributed by atoms with Crippen LogP contribution in [0.25, 0.3) is 22.2 Å². The fourth-order valence-electron chi connectivity index (χ4n) is 3.26. The van der Waals surface area contributed by atoms with Gasteiger partial charge in [0.15, 0.2) is 0 Å². The number of alkyl halides is 3. The standard InChI is InChI=1S/C21H23F3N2O/c1-2-27-16-9-6-14(7-10-16)20-17(5-3-4-12-25)18-13-15(21(22,23)24)8-11-19(18)26-20/h6-11,13,26H,2-5,12,25H2,1H3. The van der Waals surface area contributed by atoms with Gasteiger partial charge >= 0.3 is 6.18 Å². The van der Waals surface area contributed by atoms with E-state index in [-0.39, 0.29) is 0 Å². The van der Waals surface area contributed by atoms with Gasteiger partial charge in [-0.15, -0.1) is 0 Å². The molecular formula is C21H23F3N2O. The first-order valence-electron chi connectivity index (χ1n) is 9.09. The quantitative estimate of drug-likeness (QED) is 0.533. The van der Waals surface area contributed by atoms with Gasteiger partial charge < -0.3 is 15.5 Å². The van der Waals surface area contributed by atoms with Gasteiger partial charge in [0.05, 0.1) is 12.2 Å². The van der Waals surface area contributed by atoms with Crippen LogP contribution in [0.5, 0.6) is 5.75 Å². The first-order chi connectivity index (χ1) is 12.9. The van der Waals surface area contributed by atoms with Crippen molar-refractivity contribution in [3.63, 3.8) is 0 Å². The minimum Gasteiger partial charge on any atom is -0.494 e. The number of aryl methyl sites for hydroxylation is 1. The fraction of sp³-hybridized carbons (Fsp3) is 0.333. The second-order valence-electron chi connectivity index (χ2n) is 6.44. The number of hydrogen-bond acceptors (Lipinski definition) is 2. The first kappa shape index (κ1) is 19.3. The minimum absolute atomic E-state index is 0.564. The van der Waals surface area contributed by atoms with E-state index in [2.05, 4.69) is 4.98 Å². The van der Waals surface area contributed by atoms with Crippen molar-refractivity contribution >= 4 is 10.9 Å². The zero-order valence-electron chi connectivity index (χ0n) is 15.2. The van der Waals surface area contributed by atoms with Crippen molar-refractivity contribution in [3.05, 3.63) is 53.6 Å². The maximum Gasteiger partial charge on any atom is 0.416 e. The molecule has 0 fully saturated rings. The highest BCUT2D eigenvalue weighted by Crippen LogP contribution is 2.36. The van der Waals surface area contributed by atoms with Crippen molar-refractivity contribution in [2.24, 2.45) is 5.73 Å². The molecule has 0 saturated carbocycles. The molecule has 3 rings (SSSR count). The maximum atomic E-state index is 13.2. The Morgan fingerprint density at radius 1 is 1.04 bits per heavy atom. The van der Waals surface area contributed by atoms with Crippen molar-refractivity contribution < 1.29 is 17.9 Å². The van der Waals surface area contributed by atoms with E-state index in [1.165, 1.54) is 12.1 Å². The summed E-state index contributed by atoms with van der Waals surface area (Å²) in [5.74, 6) is 0.765. The molecule has 0 spiro atoms. The predicted molar refractivity (Wildman–Crippen MR) is 102 cm³/mol. The summed E-state index contributed by atoms with van der Waals surface area (Å²) in [4.78, 5) is 3.30. The van der Waals surface area contributed by atoms with Gasteiger partial charge in [0.25, 0.3) is 0 Å². The molecule has 0 aliphatic heterocycles. The highest BCUT2D eigenvalue weighted by Gasteiger charge is 2.31. The fourth-order valence-corrected chi connectivity index (χ4v) is 3.26. The van der Waals surface area contributed by atoms with E-state index >= 15 is 0 Å². The molecule has 1 heterocycles. The number of rotatable bonds is 7. The zero-order valence-corrected chi connectivity index (χ0v) is 15.2. The van der Waals surface area contributed by atoms with Crippen LogP contribution in [0.1, 0.15) is 30.9 Å². The molecule has 0 bridgehead atoms. The van der Waals surface area contributed by atoms with Crippen LogP contribution >= 0.6 is 0 Å². The summed E-state index contributed by atoms with van der Waals surface area (Å²) in [6.07, 6.45) is -2.04. The van der Waals surface area contributed by atoms with Crippen molar-refractivity contribution in [1.82, 2.24) is 4.98 Å². The molecule has 1 aromatic heterocycles. The number of H-pyrrole nitrogens is 1. The molecule has 0 unspecified atom stereocenters. The van der Waals surface area contributed by atoms with Gasteiger partial charge in [0.1, 0.15) is 5.75 Å². The third-order valence-electron chi connectivity index (χ3n) is 4.57. The summed E-state index contributed by atoms with van der Waals surface area (Å²) in [6, 6.07) is 11.4. The summed E-state index contributed by atoms with van der Waals surface area (Å²) in [5.41, 5.74) is 8.33. The number of aromatic nitrogens is 1. The third-order valence-corrected chi connectivity index (χ3v) is 4.57. The Labute approximate surface area is 156 Å². The molecule has 0 saturated heterocycles. The van der Waals surface area contributed by atoms with Crippen LogP contribution in [-0.2, 0) is 12.6 Å². The van der Waals surface area contributed by atoms with Crippen LogP contribution in [0, 0.1) is 0 Å². The Kier molecular flexibility index (Phi) is 5.75. The average molecular weight is 376 g/mol. The highest BCUT2D eigenvalue weighted by molar-refractivity contribution is 5.91. The maximum absolute atomic E-state index is 13.2. The van der Waals surface area contributed by atoms with Gasteiger partial charge in [-0.05, 0) is 86.3 Å². The molecule has 0 amide bonds. The monoisotopic (exact) mass is 376 g/mol. The molecule has 3 aromatic rings. The van der Waals surface area contributed by atoms with Gasteiger partial charge in [-0.1, -0.05) is 0 Å². The third kappa shape index (κ3) is 4.27. The topological polar surface area (TPSA) is 51.0 Å². The second-order valence-corrected chi connectivity index (χ2v) is 6.44. The van der Waals surface area contributed by atoms with Gasteiger partial charge in [0, 0.05) is 16.6 Å². The normalized spacial score (nSPS) is 11.9. The number of halogens is 3. The number of hydrogen-bond donors (Lipinski definition) is 2. The molecule has 144 valence electrons. The Hall–Kier alpha value is -2.47. The molecular weight excluding hydrogens is 353 g/mol. The Morgan fingerprint density at radius 2 is 1.78 bits per heavy atom. The number of nitrogens with two attached hydrogens (primary N) is 1. The smallest absolute Gasteiger partial charge is 0.416 e. The number of aromatic amines is 1. The molecule has 0 aliphatic rings. The van der Waals surface area contributed by atoms with Crippen molar-refractivity contribution in [2.45, 2.75) is 32.4 Å². The largest absolute Gasteiger partial charge is 0.494 e. The van der Waals surface area contributed by atoms with E-state index in [1.54, 1.807) is 0 Å². The number of ether oxygens (including phenoxy) is 1. The van der Waals surface area contributed by atoms with Crippen LogP contribution in [0.2, 0.25) is 0 Å². The molecule has 0 radical (unpaired) electrons. The summed E-state index contributed by atoms with van der Waals surface area (Å²) >= 11 is 0. The molecule has 3 nitrogen and oxygen atoms in total. The first-order valence-corrected chi connectivity index (χ1v) is 9.09. The van der Waals surface area contributed by atoms with Crippen LogP contribution in [0.15, 0.2) is 42.5 Å². The lowest BCUT2D eigenvalue weighted by Gasteiger charge is -2.08. The summed E-state index contributed by atoms with van der Waals surface area (Å²) in [5, 5.41) is 0.616. The summed E-state index contributed by atoms with van der Waals surface area (Å²) < 4.78 is 44.9. The van der Waals surface area contributed by atoms with Gasteiger partial charge in [-0.3, -0.25) is 0 Å². The van der Waals surface area contributed by atoms with Gasteiger partial charge in [-0.25, -0.2) is 0 Å². The number of fused-ring (bicyclic) bond motifs is 1. The Morgan fingerprint density at radius 3 is 2.41 bits per heavy atom. The van der Waals surface area contributed by atoms with E-state index in [0.717, 1.165) is 41.5 Å². The van der Waals surface area contributed by atoms with Crippen molar-refractivity contribution in [1.29, 1.82) is 0 Å². The Bertz CT molecular complexity index is 898. The van der Waals surface area contributed by atoms with E-state index in [0.29, 0.717) is 30.5 Å². The molecule has 6 heteroatoms. The molecule has 3 N–H and O–H groups in total. The van der Waals surface area contributed by atoms with Crippen LogP contribution in [0.4, 0.5) is 13.2 Å². The van der Waals surface area contributed by atoms with Crippen LogP contribution in [0.3, 0.4) is 0 Å². The average Bonchev–Trinajstić information content (AvgIpc) is 3.00. The highest BCUT2D eigenvalue weighted by atomic mass is 19.4. The number of benzene rings is 2. The van der Waals surface area contributed by atoms with Gasteiger partial charge in [-0.2, -0.15) is 13.2 Å². The zero-order chi connectivity index (χ0) is 19.4. The number of nitrogens with one attached hydrogen (secondary N) is 1. The van der Waals surface area contributed by atoms with E-state index in [4.69, 9.17) is 10.5 Å². The number of unbranched alkanes of at least 4 members (excludes halogenated alkanes) is 1. The van der Waals surface area contributed by atoms with E-state index in [1.807, 2.05) is 31.2 Å². The predicted octanol–water partition coefficient (Wildman–Crippen LogP) is 5.53. The molecule has 0 aliphatic carbocycles. The SMILES string of the molecule is CCOc1ccc(-c2[nH]c3ccc(C(F)(F)F)cc3c2CCCCN)cc1. The molecule has 0 atom stereocenters. The summed E-state index contributed by atoms with van der Waals surface area (Å²) in [6.45, 7) is 3.06. The summed E-state index contributed by atoms with van der Waals surface area (Å²) in [7, 11) is 0. The van der Waals surface area contributed by atoms with Crippen LogP contribution < -0.4 is 10.5 Å². The molecule has 2 aromatic carbocycles. The lowest BCUT2D eigenvalue weighted by Crippen LogP contribution is -2.04. The second kappa shape index (κ2) is 8.05. The van der Waals surface area contributed by atoms with E-state index in [9.17, 15) is 13.2 Å². The van der Waals surface area contributed by atoms with E-state index < -0.39 is 11.7 Å². The van der Waals surface area contributed by atoms with Gasteiger partial charge in [0.2, 0.25) is 0 Å². The minimum atomic E-state index is -4.36. The van der Waals surface area contributed by atoms with Crippen molar-refractivity contribution in [3.8, 4) is 17.0 Å². The lowest BCUT2D eigenvalue weighted by atomic mass is 9.99. The molecule has 27 heavy (non-hydrogen) atoms.